The molecule has 1 aromatic rings. The van der Waals surface area contributed by atoms with Crippen LogP contribution in [0.3, 0.4) is 0 Å². The molecule has 23 heavy (non-hydrogen) atoms. The molecule has 5 nitrogen and oxygen atoms in total. The van der Waals surface area contributed by atoms with E-state index < -0.39 is 0 Å². The van der Waals surface area contributed by atoms with Crippen molar-refractivity contribution in [2.24, 2.45) is 5.92 Å². The molecule has 1 fully saturated rings. The Morgan fingerprint density at radius 2 is 1.74 bits per heavy atom. The first-order valence-corrected chi connectivity index (χ1v) is 8.09. The Labute approximate surface area is 138 Å². The molecule has 1 saturated heterocycles. The van der Waals surface area contributed by atoms with Gasteiger partial charge in [0.15, 0.2) is 0 Å². The standard InChI is InChI=1S/C18H26N2O3/c1-12-9-13(2)17(14(3)10-12)19-16(21)11-20(4)18(22)15-5-7-23-8-6-15/h9-10,15H,5-8,11H2,1-4H3,(H,19,21). The minimum absolute atomic E-state index is 0.0237. The van der Waals surface area contributed by atoms with Crippen molar-refractivity contribution in [3.63, 3.8) is 0 Å². The molecular formula is C18H26N2O3. The number of carbonyl (C=O) groups is 2. The molecule has 0 aromatic heterocycles. The predicted molar refractivity (Wildman–Crippen MR) is 90.5 cm³/mol. The zero-order valence-electron chi connectivity index (χ0n) is 14.4. The lowest BCUT2D eigenvalue weighted by Gasteiger charge is -2.26. The lowest BCUT2D eigenvalue weighted by molar-refractivity contribution is -0.139. The number of nitrogens with one attached hydrogen (secondary N) is 1. The van der Waals surface area contributed by atoms with E-state index in [1.54, 1.807) is 7.05 Å². The summed E-state index contributed by atoms with van der Waals surface area (Å²) in [6.07, 6.45) is 1.47. The molecule has 1 aliphatic heterocycles. The van der Waals surface area contributed by atoms with Crippen LogP contribution < -0.4 is 5.32 Å². The molecule has 0 spiro atoms. The van der Waals surface area contributed by atoms with E-state index >= 15 is 0 Å². The number of hydrogen-bond acceptors (Lipinski definition) is 3. The summed E-state index contributed by atoms with van der Waals surface area (Å²) >= 11 is 0. The Morgan fingerprint density at radius 1 is 1.17 bits per heavy atom. The maximum Gasteiger partial charge on any atom is 0.243 e. The second-order valence-corrected chi connectivity index (χ2v) is 6.40. The first kappa shape index (κ1) is 17.5. The third-order valence-corrected chi connectivity index (χ3v) is 4.27. The average Bonchev–Trinajstić information content (AvgIpc) is 2.51. The van der Waals surface area contributed by atoms with Crippen molar-refractivity contribution in [2.45, 2.75) is 33.6 Å². The van der Waals surface area contributed by atoms with Crippen LogP contribution in [-0.2, 0) is 14.3 Å². The third-order valence-electron chi connectivity index (χ3n) is 4.27. The Kier molecular flexibility index (Phi) is 5.77. The van der Waals surface area contributed by atoms with Gasteiger partial charge in [0, 0.05) is 31.9 Å². The number of anilines is 1. The van der Waals surface area contributed by atoms with Crippen LogP contribution in [-0.4, -0.2) is 43.5 Å². The van der Waals surface area contributed by atoms with Gasteiger partial charge < -0.3 is 15.0 Å². The van der Waals surface area contributed by atoms with Gasteiger partial charge in [-0.1, -0.05) is 17.7 Å². The number of rotatable bonds is 4. The van der Waals surface area contributed by atoms with Gasteiger partial charge in [-0.05, 0) is 44.7 Å². The highest BCUT2D eigenvalue weighted by atomic mass is 16.5. The predicted octanol–water partition coefficient (Wildman–Crippen LogP) is 2.44. The van der Waals surface area contributed by atoms with Crippen molar-refractivity contribution < 1.29 is 14.3 Å². The molecule has 0 saturated carbocycles. The van der Waals surface area contributed by atoms with Crippen LogP contribution in [0.25, 0.3) is 0 Å². The topological polar surface area (TPSA) is 58.6 Å². The minimum atomic E-state index is -0.164. The molecule has 0 radical (unpaired) electrons. The highest BCUT2D eigenvalue weighted by molar-refractivity contribution is 5.96. The molecule has 126 valence electrons. The smallest absolute Gasteiger partial charge is 0.243 e. The van der Waals surface area contributed by atoms with Crippen LogP contribution in [0.2, 0.25) is 0 Å². The van der Waals surface area contributed by atoms with E-state index in [1.165, 1.54) is 10.5 Å². The zero-order chi connectivity index (χ0) is 17.0. The molecule has 2 amide bonds. The number of nitrogens with zero attached hydrogens (tertiary/aromatic N) is 1. The van der Waals surface area contributed by atoms with Gasteiger partial charge in [-0.15, -0.1) is 0 Å². The second kappa shape index (κ2) is 7.59. The number of benzene rings is 1. The summed E-state index contributed by atoms with van der Waals surface area (Å²) in [6, 6.07) is 4.08. The summed E-state index contributed by atoms with van der Waals surface area (Å²) in [5, 5.41) is 2.94. The van der Waals surface area contributed by atoms with E-state index in [0.29, 0.717) is 13.2 Å². The fourth-order valence-corrected chi connectivity index (χ4v) is 3.11. The molecule has 0 aliphatic carbocycles. The Hall–Kier alpha value is -1.88. The third kappa shape index (κ3) is 4.55. The van der Waals surface area contributed by atoms with E-state index in [9.17, 15) is 9.59 Å². The van der Waals surface area contributed by atoms with Crippen molar-refractivity contribution in [3.05, 3.63) is 28.8 Å². The molecule has 0 bridgehead atoms. The number of likely N-dealkylation sites (N-methyl/N-ethyl adjacent to an activating group) is 1. The van der Waals surface area contributed by atoms with Gasteiger partial charge in [-0.25, -0.2) is 0 Å². The van der Waals surface area contributed by atoms with E-state index in [2.05, 4.69) is 5.32 Å². The first-order chi connectivity index (χ1) is 10.9. The van der Waals surface area contributed by atoms with Crippen molar-refractivity contribution in [2.75, 3.05) is 32.1 Å². The van der Waals surface area contributed by atoms with Crippen molar-refractivity contribution in [3.8, 4) is 0 Å². The largest absolute Gasteiger partial charge is 0.381 e. The monoisotopic (exact) mass is 318 g/mol. The SMILES string of the molecule is Cc1cc(C)c(NC(=O)CN(C)C(=O)C2CCOCC2)c(C)c1. The molecule has 0 atom stereocenters. The molecule has 0 unspecified atom stereocenters. The molecule has 2 rings (SSSR count). The summed E-state index contributed by atoms with van der Waals surface area (Å²) in [4.78, 5) is 26.1. The lowest BCUT2D eigenvalue weighted by Crippen LogP contribution is -2.40. The van der Waals surface area contributed by atoms with Crippen LogP contribution >= 0.6 is 0 Å². The molecule has 1 aliphatic rings. The molecule has 5 heteroatoms. The average molecular weight is 318 g/mol. The Morgan fingerprint density at radius 3 is 2.30 bits per heavy atom. The van der Waals surface area contributed by atoms with Crippen molar-refractivity contribution >= 4 is 17.5 Å². The molecule has 1 N–H and O–H groups in total. The number of carbonyl (C=O) groups excluding carboxylic acids is 2. The van der Waals surface area contributed by atoms with Crippen LogP contribution in [0.15, 0.2) is 12.1 Å². The van der Waals surface area contributed by atoms with Gasteiger partial charge in [0.2, 0.25) is 11.8 Å². The fourth-order valence-electron chi connectivity index (χ4n) is 3.11. The van der Waals surface area contributed by atoms with Crippen LogP contribution in [0, 0.1) is 26.7 Å². The molecule has 1 heterocycles. The van der Waals surface area contributed by atoms with Gasteiger partial charge in [0.1, 0.15) is 0 Å². The van der Waals surface area contributed by atoms with Crippen molar-refractivity contribution in [1.82, 2.24) is 4.90 Å². The Bertz CT molecular complexity index is 569. The molecular weight excluding hydrogens is 292 g/mol. The first-order valence-electron chi connectivity index (χ1n) is 8.09. The fraction of sp³-hybridized carbons (Fsp3) is 0.556. The van der Waals surface area contributed by atoms with Gasteiger partial charge in [-0.2, -0.15) is 0 Å². The van der Waals surface area contributed by atoms with Gasteiger partial charge in [-0.3, -0.25) is 9.59 Å². The van der Waals surface area contributed by atoms with Crippen LogP contribution in [0.1, 0.15) is 29.5 Å². The molecule has 1 aromatic carbocycles. The number of ether oxygens (including phenoxy) is 1. The van der Waals surface area contributed by atoms with E-state index in [-0.39, 0.29) is 24.3 Å². The van der Waals surface area contributed by atoms with Crippen LogP contribution in [0.5, 0.6) is 0 Å². The second-order valence-electron chi connectivity index (χ2n) is 6.40. The summed E-state index contributed by atoms with van der Waals surface area (Å²) < 4.78 is 5.28. The van der Waals surface area contributed by atoms with Gasteiger partial charge in [0.05, 0.1) is 6.54 Å². The van der Waals surface area contributed by atoms with E-state index in [1.807, 2.05) is 32.9 Å². The van der Waals surface area contributed by atoms with E-state index in [0.717, 1.165) is 29.7 Å². The van der Waals surface area contributed by atoms with Crippen LogP contribution in [0.4, 0.5) is 5.69 Å². The number of aryl methyl sites for hydroxylation is 3. The quantitative estimate of drug-likeness (QED) is 0.927. The van der Waals surface area contributed by atoms with Gasteiger partial charge in [0.25, 0.3) is 0 Å². The summed E-state index contributed by atoms with van der Waals surface area (Å²) in [7, 11) is 1.69. The Balaban J connectivity index is 1.95. The van der Waals surface area contributed by atoms with Crippen molar-refractivity contribution in [1.29, 1.82) is 0 Å². The minimum Gasteiger partial charge on any atom is -0.381 e. The van der Waals surface area contributed by atoms with Gasteiger partial charge >= 0.3 is 0 Å². The maximum absolute atomic E-state index is 12.4. The highest BCUT2D eigenvalue weighted by Crippen LogP contribution is 2.22. The zero-order valence-corrected chi connectivity index (χ0v) is 14.4. The van der Waals surface area contributed by atoms with E-state index in [4.69, 9.17) is 4.74 Å². The maximum atomic E-state index is 12.4. The normalized spacial score (nSPS) is 15.3. The highest BCUT2D eigenvalue weighted by Gasteiger charge is 2.25. The lowest BCUT2D eigenvalue weighted by atomic mass is 9.99. The number of hydrogen-bond donors (Lipinski definition) is 1. The number of amides is 2. The summed E-state index contributed by atoms with van der Waals surface area (Å²) in [5.41, 5.74) is 4.08. The summed E-state index contributed by atoms with van der Waals surface area (Å²) in [6.45, 7) is 7.31. The summed E-state index contributed by atoms with van der Waals surface area (Å²) in [5.74, 6) is -0.159.